The fourth-order valence-electron chi connectivity index (χ4n) is 2.11. The minimum atomic E-state index is 0.775. The van der Waals surface area contributed by atoms with Gasteiger partial charge in [0.25, 0.3) is 0 Å². The minimum absolute atomic E-state index is 0.775. The molecule has 0 radical (unpaired) electrons. The summed E-state index contributed by atoms with van der Waals surface area (Å²) < 4.78 is 8.33. The molecule has 0 atom stereocenters. The SMILES string of the molecule is CCOCCCn1c(=S)[nH]c2cc(C)c(C)cc21. The Kier molecular flexibility index (Phi) is 4.19. The van der Waals surface area contributed by atoms with Crippen LogP contribution in [-0.4, -0.2) is 22.8 Å². The Balaban J connectivity index is 2.29. The van der Waals surface area contributed by atoms with Crippen LogP contribution in [0.5, 0.6) is 0 Å². The van der Waals surface area contributed by atoms with Crippen molar-refractivity contribution in [3.05, 3.63) is 28.0 Å². The first-order valence-electron chi connectivity index (χ1n) is 6.41. The molecule has 1 heterocycles. The number of fused-ring (bicyclic) bond motifs is 1. The van der Waals surface area contributed by atoms with Crippen LogP contribution in [0, 0.1) is 18.6 Å². The number of hydrogen-bond donors (Lipinski definition) is 1. The predicted molar refractivity (Wildman–Crippen MR) is 77.7 cm³/mol. The normalized spacial score (nSPS) is 11.3. The lowest BCUT2D eigenvalue weighted by Gasteiger charge is -2.06. The Bertz CT molecular complexity index is 598. The molecule has 4 heteroatoms. The van der Waals surface area contributed by atoms with Crippen LogP contribution < -0.4 is 0 Å². The molecule has 0 amide bonds. The number of nitrogens with one attached hydrogen (secondary N) is 1. The van der Waals surface area contributed by atoms with Crippen molar-refractivity contribution in [3.8, 4) is 0 Å². The molecule has 0 fully saturated rings. The van der Waals surface area contributed by atoms with Crippen LogP contribution in [0.2, 0.25) is 0 Å². The zero-order valence-electron chi connectivity index (χ0n) is 11.2. The van der Waals surface area contributed by atoms with Crippen LogP contribution in [-0.2, 0) is 11.3 Å². The second kappa shape index (κ2) is 5.67. The van der Waals surface area contributed by atoms with E-state index in [1.165, 1.54) is 16.6 Å². The van der Waals surface area contributed by atoms with Crippen LogP contribution in [0.25, 0.3) is 11.0 Å². The lowest BCUT2D eigenvalue weighted by atomic mass is 10.1. The maximum Gasteiger partial charge on any atom is 0.178 e. The van der Waals surface area contributed by atoms with Gasteiger partial charge in [-0.3, -0.25) is 0 Å². The zero-order valence-corrected chi connectivity index (χ0v) is 12.1. The number of hydrogen-bond acceptors (Lipinski definition) is 2. The number of aromatic nitrogens is 2. The van der Waals surface area contributed by atoms with Gasteiger partial charge in [-0.2, -0.15) is 0 Å². The van der Waals surface area contributed by atoms with Gasteiger partial charge in [0.15, 0.2) is 4.77 Å². The molecule has 0 spiro atoms. The highest BCUT2D eigenvalue weighted by atomic mass is 32.1. The summed E-state index contributed by atoms with van der Waals surface area (Å²) in [6.45, 7) is 8.74. The molecule has 0 unspecified atom stereocenters. The van der Waals surface area contributed by atoms with E-state index < -0.39 is 0 Å². The molecular weight excluding hydrogens is 244 g/mol. The predicted octanol–water partition coefficient (Wildman–Crippen LogP) is 3.74. The molecule has 0 aliphatic carbocycles. The van der Waals surface area contributed by atoms with Crippen LogP contribution >= 0.6 is 12.2 Å². The largest absolute Gasteiger partial charge is 0.382 e. The quantitative estimate of drug-likeness (QED) is 0.658. The molecule has 1 N–H and O–H groups in total. The van der Waals surface area contributed by atoms with E-state index >= 15 is 0 Å². The van der Waals surface area contributed by atoms with Gasteiger partial charge in [0.05, 0.1) is 11.0 Å². The van der Waals surface area contributed by atoms with E-state index in [0.717, 1.165) is 36.5 Å². The number of nitrogens with zero attached hydrogens (tertiary/aromatic N) is 1. The molecule has 2 rings (SSSR count). The van der Waals surface area contributed by atoms with Crippen molar-refractivity contribution >= 4 is 23.3 Å². The van der Waals surface area contributed by atoms with Crippen molar-refractivity contribution in [2.24, 2.45) is 0 Å². The van der Waals surface area contributed by atoms with Gasteiger partial charge in [-0.05, 0) is 62.7 Å². The van der Waals surface area contributed by atoms with Crippen molar-refractivity contribution in [3.63, 3.8) is 0 Å². The molecule has 98 valence electrons. The summed E-state index contributed by atoms with van der Waals surface area (Å²) in [7, 11) is 0. The van der Waals surface area contributed by atoms with Crippen molar-refractivity contribution in [1.82, 2.24) is 9.55 Å². The van der Waals surface area contributed by atoms with Gasteiger partial charge in [0.2, 0.25) is 0 Å². The average molecular weight is 264 g/mol. The molecule has 0 aliphatic rings. The van der Waals surface area contributed by atoms with Gasteiger partial charge in [-0.1, -0.05) is 0 Å². The second-order valence-electron chi connectivity index (χ2n) is 4.59. The van der Waals surface area contributed by atoms with E-state index in [4.69, 9.17) is 17.0 Å². The summed E-state index contributed by atoms with van der Waals surface area (Å²) in [5.74, 6) is 0. The smallest absolute Gasteiger partial charge is 0.178 e. The van der Waals surface area contributed by atoms with E-state index in [1.54, 1.807) is 0 Å². The van der Waals surface area contributed by atoms with Crippen molar-refractivity contribution in [2.75, 3.05) is 13.2 Å². The first-order chi connectivity index (χ1) is 8.63. The Morgan fingerprint density at radius 3 is 2.72 bits per heavy atom. The van der Waals surface area contributed by atoms with E-state index in [2.05, 4.69) is 35.5 Å². The lowest BCUT2D eigenvalue weighted by Crippen LogP contribution is -2.02. The summed E-state index contributed by atoms with van der Waals surface area (Å²) in [6, 6.07) is 4.37. The Labute approximate surface area is 113 Å². The molecule has 18 heavy (non-hydrogen) atoms. The maximum atomic E-state index is 5.38. The molecule has 1 aromatic heterocycles. The summed E-state index contributed by atoms with van der Waals surface area (Å²) in [4.78, 5) is 3.27. The van der Waals surface area contributed by atoms with Crippen molar-refractivity contribution < 1.29 is 4.74 Å². The molecule has 0 saturated heterocycles. The van der Waals surface area contributed by atoms with E-state index in [1.807, 2.05) is 6.92 Å². The number of aromatic amines is 1. The van der Waals surface area contributed by atoms with Crippen molar-refractivity contribution in [1.29, 1.82) is 0 Å². The highest BCUT2D eigenvalue weighted by Gasteiger charge is 2.06. The first-order valence-corrected chi connectivity index (χ1v) is 6.81. The molecule has 1 aromatic carbocycles. The first kappa shape index (κ1) is 13.3. The molecule has 3 nitrogen and oxygen atoms in total. The van der Waals surface area contributed by atoms with Gasteiger partial charge in [0, 0.05) is 19.8 Å². The number of benzene rings is 1. The monoisotopic (exact) mass is 264 g/mol. The third-order valence-electron chi connectivity index (χ3n) is 3.26. The molecular formula is C14H20N2OS. The van der Waals surface area contributed by atoms with Gasteiger partial charge >= 0.3 is 0 Å². The van der Waals surface area contributed by atoms with E-state index in [-0.39, 0.29) is 0 Å². The third kappa shape index (κ3) is 2.65. The summed E-state index contributed by atoms with van der Waals surface area (Å²) in [5, 5.41) is 0. The Morgan fingerprint density at radius 2 is 2.00 bits per heavy atom. The van der Waals surface area contributed by atoms with E-state index in [9.17, 15) is 0 Å². The average Bonchev–Trinajstić information content (AvgIpc) is 2.62. The summed E-state index contributed by atoms with van der Waals surface area (Å²) in [6.07, 6.45) is 0.988. The number of aryl methyl sites for hydroxylation is 3. The van der Waals surface area contributed by atoms with Crippen LogP contribution in [0.4, 0.5) is 0 Å². The molecule has 0 aliphatic heterocycles. The van der Waals surface area contributed by atoms with Gasteiger partial charge in [0.1, 0.15) is 0 Å². The second-order valence-corrected chi connectivity index (χ2v) is 4.97. The Morgan fingerprint density at radius 1 is 1.28 bits per heavy atom. The van der Waals surface area contributed by atoms with Gasteiger partial charge in [-0.15, -0.1) is 0 Å². The fourth-order valence-corrected chi connectivity index (χ4v) is 2.41. The Hall–Kier alpha value is -1.13. The number of rotatable bonds is 5. The fraction of sp³-hybridized carbons (Fsp3) is 0.500. The minimum Gasteiger partial charge on any atom is -0.382 e. The maximum absolute atomic E-state index is 5.38. The van der Waals surface area contributed by atoms with Crippen molar-refractivity contribution in [2.45, 2.75) is 33.7 Å². The lowest BCUT2D eigenvalue weighted by molar-refractivity contribution is 0.142. The highest BCUT2D eigenvalue weighted by Crippen LogP contribution is 2.19. The molecule has 0 bridgehead atoms. The van der Waals surface area contributed by atoms with E-state index in [0.29, 0.717) is 0 Å². The molecule has 0 saturated carbocycles. The summed E-state index contributed by atoms with van der Waals surface area (Å²) in [5.41, 5.74) is 4.91. The van der Waals surface area contributed by atoms with Crippen LogP contribution in [0.1, 0.15) is 24.5 Å². The third-order valence-corrected chi connectivity index (χ3v) is 3.59. The standard InChI is InChI=1S/C14H20N2OS/c1-4-17-7-5-6-16-13-9-11(3)10(2)8-12(13)15-14(16)18/h8-9H,4-7H2,1-3H3,(H,15,18). The molecule has 2 aromatic rings. The topological polar surface area (TPSA) is 29.9 Å². The number of H-pyrrole nitrogens is 1. The zero-order chi connectivity index (χ0) is 13.1. The summed E-state index contributed by atoms with van der Waals surface area (Å²) >= 11 is 5.38. The van der Waals surface area contributed by atoms with Crippen LogP contribution in [0.3, 0.4) is 0 Å². The number of imidazole rings is 1. The van der Waals surface area contributed by atoms with Crippen LogP contribution in [0.15, 0.2) is 12.1 Å². The van der Waals surface area contributed by atoms with Gasteiger partial charge < -0.3 is 14.3 Å². The van der Waals surface area contributed by atoms with Gasteiger partial charge in [-0.25, -0.2) is 0 Å². The number of ether oxygens (including phenoxy) is 1. The highest BCUT2D eigenvalue weighted by molar-refractivity contribution is 7.71.